The first-order chi connectivity index (χ1) is 10.1. The number of likely N-dealkylation sites (tertiary alicyclic amines) is 1. The average Bonchev–Trinajstić information content (AvgIpc) is 2.50. The number of rotatable bonds is 1. The van der Waals surface area contributed by atoms with Gasteiger partial charge in [-0.25, -0.2) is 0 Å². The number of amides is 1. The molecule has 2 saturated heterocycles. The van der Waals surface area contributed by atoms with E-state index in [-0.39, 0.29) is 16.9 Å². The van der Waals surface area contributed by atoms with Crippen LogP contribution in [-0.2, 0) is 7.05 Å². The van der Waals surface area contributed by atoms with Crippen molar-refractivity contribution in [2.45, 2.75) is 25.7 Å². The summed E-state index contributed by atoms with van der Waals surface area (Å²) in [6, 6.07) is 3.19. The van der Waals surface area contributed by atoms with Gasteiger partial charge in [-0.2, -0.15) is 0 Å². The highest BCUT2D eigenvalue weighted by atomic mass is 16.2. The lowest BCUT2D eigenvalue weighted by Crippen LogP contribution is -2.52. The van der Waals surface area contributed by atoms with Crippen LogP contribution in [0.15, 0.2) is 23.1 Å². The monoisotopic (exact) mass is 289 g/mol. The molecule has 21 heavy (non-hydrogen) atoms. The van der Waals surface area contributed by atoms with Crippen molar-refractivity contribution in [2.24, 2.45) is 12.5 Å². The lowest BCUT2D eigenvalue weighted by Gasteiger charge is -2.45. The number of hydrogen-bond acceptors (Lipinski definition) is 3. The van der Waals surface area contributed by atoms with Gasteiger partial charge < -0.3 is 14.8 Å². The first kappa shape index (κ1) is 14.3. The summed E-state index contributed by atoms with van der Waals surface area (Å²) in [5.74, 6) is -0.00246. The molecule has 0 saturated carbocycles. The van der Waals surface area contributed by atoms with E-state index in [4.69, 9.17) is 0 Å². The predicted octanol–water partition coefficient (Wildman–Crippen LogP) is 0.991. The van der Waals surface area contributed by atoms with Gasteiger partial charge in [0.15, 0.2) is 0 Å². The number of piperidine rings is 2. The molecule has 1 atom stereocenters. The molecule has 0 aromatic carbocycles. The Bertz CT molecular complexity index is 582. The molecule has 1 N–H and O–H groups in total. The fourth-order valence-corrected chi connectivity index (χ4v) is 3.62. The Balaban J connectivity index is 1.77. The molecular formula is C16H23N3O2. The number of pyridine rings is 1. The maximum atomic E-state index is 12.6. The molecule has 1 amide bonds. The second-order valence-corrected chi connectivity index (χ2v) is 6.48. The number of aromatic nitrogens is 1. The van der Waals surface area contributed by atoms with Gasteiger partial charge in [0.2, 0.25) is 0 Å². The maximum absolute atomic E-state index is 12.6. The van der Waals surface area contributed by atoms with Gasteiger partial charge >= 0.3 is 0 Å². The molecule has 114 valence electrons. The van der Waals surface area contributed by atoms with Crippen LogP contribution in [0.5, 0.6) is 0 Å². The predicted molar refractivity (Wildman–Crippen MR) is 81.4 cm³/mol. The van der Waals surface area contributed by atoms with Crippen LogP contribution >= 0.6 is 0 Å². The molecular weight excluding hydrogens is 266 g/mol. The second kappa shape index (κ2) is 5.64. The average molecular weight is 289 g/mol. The molecule has 5 heteroatoms. The SMILES string of the molecule is Cn1ccc(C(=O)N2CCCC3(CCCNC3)C2)cc1=O. The van der Waals surface area contributed by atoms with Gasteiger partial charge in [-0.3, -0.25) is 9.59 Å². The Hall–Kier alpha value is -1.62. The quantitative estimate of drug-likeness (QED) is 0.839. The van der Waals surface area contributed by atoms with Crippen LogP contribution < -0.4 is 10.9 Å². The van der Waals surface area contributed by atoms with E-state index in [1.165, 1.54) is 29.9 Å². The Morgan fingerprint density at radius 1 is 1.33 bits per heavy atom. The highest BCUT2D eigenvalue weighted by Gasteiger charge is 2.38. The topological polar surface area (TPSA) is 54.3 Å². The summed E-state index contributed by atoms with van der Waals surface area (Å²) in [6.45, 7) is 3.71. The van der Waals surface area contributed by atoms with Crippen LogP contribution in [0.2, 0.25) is 0 Å². The standard InChI is InChI=1S/C16H23N3O2/c1-18-9-4-13(10-14(18)20)15(21)19-8-3-6-16(12-19)5-2-7-17-11-16/h4,9-10,17H,2-3,5-8,11-12H2,1H3. The normalized spacial score (nSPS) is 26.0. The van der Waals surface area contributed by atoms with Crippen LogP contribution in [0.25, 0.3) is 0 Å². The smallest absolute Gasteiger partial charge is 0.254 e. The summed E-state index contributed by atoms with van der Waals surface area (Å²) < 4.78 is 1.49. The van der Waals surface area contributed by atoms with Gasteiger partial charge in [-0.1, -0.05) is 0 Å². The van der Waals surface area contributed by atoms with Crippen LogP contribution in [0, 0.1) is 5.41 Å². The van der Waals surface area contributed by atoms with E-state index < -0.39 is 0 Å². The van der Waals surface area contributed by atoms with E-state index in [9.17, 15) is 9.59 Å². The molecule has 0 aliphatic carbocycles. The van der Waals surface area contributed by atoms with Crippen molar-refractivity contribution >= 4 is 5.91 Å². The Labute approximate surface area is 124 Å². The van der Waals surface area contributed by atoms with E-state index in [0.717, 1.165) is 32.6 Å². The highest BCUT2D eigenvalue weighted by molar-refractivity contribution is 5.94. The molecule has 2 aliphatic heterocycles. The summed E-state index contributed by atoms with van der Waals surface area (Å²) in [6.07, 6.45) is 6.30. The summed E-state index contributed by atoms with van der Waals surface area (Å²) in [4.78, 5) is 26.3. The van der Waals surface area contributed by atoms with Crippen LogP contribution in [0.4, 0.5) is 0 Å². The lowest BCUT2D eigenvalue weighted by molar-refractivity contribution is 0.0433. The zero-order chi connectivity index (χ0) is 14.9. The molecule has 0 bridgehead atoms. The molecule has 3 rings (SSSR count). The van der Waals surface area contributed by atoms with E-state index in [0.29, 0.717) is 5.56 Å². The molecule has 1 spiro atoms. The molecule has 2 aliphatic rings. The van der Waals surface area contributed by atoms with Gasteiger partial charge in [0.05, 0.1) is 0 Å². The van der Waals surface area contributed by atoms with Crippen LogP contribution in [0.3, 0.4) is 0 Å². The van der Waals surface area contributed by atoms with Crippen LogP contribution in [0.1, 0.15) is 36.0 Å². The second-order valence-electron chi connectivity index (χ2n) is 6.48. The zero-order valence-electron chi connectivity index (χ0n) is 12.6. The molecule has 1 aromatic rings. The minimum Gasteiger partial charge on any atom is -0.338 e. The fourth-order valence-electron chi connectivity index (χ4n) is 3.62. The molecule has 2 fully saturated rings. The molecule has 5 nitrogen and oxygen atoms in total. The van der Waals surface area contributed by atoms with E-state index in [2.05, 4.69) is 5.32 Å². The number of nitrogens with zero attached hydrogens (tertiary/aromatic N) is 2. The number of carbonyl (C=O) groups is 1. The first-order valence-electron chi connectivity index (χ1n) is 7.76. The number of carbonyl (C=O) groups excluding carboxylic acids is 1. The fraction of sp³-hybridized carbons (Fsp3) is 0.625. The molecule has 1 unspecified atom stereocenters. The lowest BCUT2D eigenvalue weighted by atomic mass is 9.74. The van der Waals surface area contributed by atoms with Crippen molar-refractivity contribution in [1.29, 1.82) is 0 Å². The van der Waals surface area contributed by atoms with Crippen molar-refractivity contribution in [2.75, 3.05) is 26.2 Å². The Morgan fingerprint density at radius 3 is 2.86 bits per heavy atom. The van der Waals surface area contributed by atoms with Crippen molar-refractivity contribution in [3.63, 3.8) is 0 Å². The van der Waals surface area contributed by atoms with Crippen LogP contribution in [-0.4, -0.2) is 41.6 Å². The minimum atomic E-state index is -0.132. The minimum absolute atomic E-state index is 0.00246. The first-order valence-corrected chi connectivity index (χ1v) is 7.76. The zero-order valence-corrected chi connectivity index (χ0v) is 12.6. The highest BCUT2D eigenvalue weighted by Crippen LogP contribution is 2.36. The third kappa shape index (κ3) is 2.88. The molecule has 0 radical (unpaired) electrons. The van der Waals surface area contributed by atoms with Crippen molar-refractivity contribution in [1.82, 2.24) is 14.8 Å². The summed E-state index contributed by atoms with van der Waals surface area (Å²) in [7, 11) is 1.69. The van der Waals surface area contributed by atoms with E-state index in [1.807, 2.05) is 4.90 Å². The van der Waals surface area contributed by atoms with Crippen molar-refractivity contribution in [3.05, 3.63) is 34.2 Å². The third-order valence-electron chi connectivity index (χ3n) is 4.86. The van der Waals surface area contributed by atoms with E-state index >= 15 is 0 Å². The number of aryl methyl sites for hydroxylation is 1. The van der Waals surface area contributed by atoms with Crippen molar-refractivity contribution in [3.8, 4) is 0 Å². The summed E-state index contributed by atoms with van der Waals surface area (Å²) in [5.41, 5.74) is 0.622. The largest absolute Gasteiger partial charge is 0.338 e. The van der Waals surface area contributed by atoms with Gasteiger partial charge in [0.25, 0.3) is 11.5 Å². The number of hydrogen-bond donors (Lipinski definition) is 1. The van der Waals surface area contributed by atoms with Gasteiger partial charge in [0.1, 0.15) is 0 Å². The van der Waals surface area contributed by atoms with E-state index in [1.54, 1.807) is 19.3 Å². The van der Waals surface area contributed by atoms with Gasteiger partial charge in [-0.05, 0) is 38.3 Å². The Morgan fingerprint density at radius 2 is 2.14 bits per heavy atom. The maximum Gasteiger partial charge on any atom is 0.254 e. The van der Waals surface area contributed by atoms with Gasteiger partial charge in [0, 0.05) is 49.9 Å². The van der Waals surface area contributed by atoms with Crippen molar-refractivity contribution < 1.29 is 4.79 Å². The molecule has 3 heterocycles. The summed E-state index contributed by atoms with van der Waals surface area (Å²) >= 11 is 0. The molecule has 1 aromatic heterocycles. The summed E-state index contributed by atoms with van der Waals surface area (Å²) in [5, 5.41) is 3.47. The Kier molecular flexibility index (Phi) is 3.85. The number of nitrogens with one attached hydrogen (secondary N) is 1. The third-order valence-corrected chi connectivity index (χ3v) is 4.86. The van der Waals surface area contributed by atoms with Gasteiger partial charge in [-0.15, -0.1) is 0 Å².